The zero-order chi connectivity index (χ0) is 63.0. The van der Waals surface area contributed by atoms with Gasteiger partial charge in [-0.2, -0.15) is 29.5 Å². The fourth-order valence-electron chi connectivity index (χ4n) is 6.69. The van der Waals surface area contributed by atoms with E-state index in [1.807, 2.05) is 109 Å². The molecule has 0 saturated carbocycles. The molecule has 0 atom stereocenters. The first-order valence-corrected chi connectivity index (χ1v) is 28.7. The number of carboxylic acid groups (broad SMARTS) is 1. The number of ether oxygens (including phenoxy) is 1. The first-order chi connectivity index (χ1) is 39.4. The van der Waals surface area contributed by atoms with Gasteiger partial charge in [0.05, 0.1) is 40.4 Å². The zero-order valence-electron chi connectivity index (χ0n) is 47.0. The summed E-state index contributed by atoms with van der Waals surface area (Å²) in [6, 6.07) is 37.0. The summed E-state index contributed by atoms with van der Waals surface area (Å²) in [7, 11) is 0.372. The second-order valence-corrected chi connectivity index (χ2v) is 21.2. The van der Waals surface area contributed by atoms with Gasteiger partial charge >= 0.3 is 52.1 Å². The van der Waals surface area contributed by atoms with Crippen molar-refractivity contribution in [3.05, 3.63) is 132 Å². The number of anilines is 6. The van der Waals surface area contributed by atoms with Gasteiger partial charge in [0.2, 0.25) is 26.6 Å². The molecule has 0 bridgehead atoms. The van der Waals surface area contributed by atoms with E-state index in [-0.39, 0.29) is 74.8 Å². The van der Waals surface area contributed by atoms with Crippen LogP contribution < -0.4 is 64.8 Å². The molecule has 7 aromatic carbocycles. The SMILES string of the molecule is CC(=O)Nc1cc(-n2[nH]nnc2=S)ccc1O.CC(=O)Nc1cc(NC=[S-](C)=N)ccc1O.CN(C)c1ccc2c[c-]ccc2c1O.CN(C)c1ccc2ccccc2c1O.CS(=O)(=O)Nc1cc(OC(=O)CC(=O)O)ccc1O.O=S(=O)=O.[Na+]. The van der Waals surface area contributed by atoms with E-state index >= 15 is 0 Å². The number of H-pyrrole nitrogens is 1. The van der Waals surface area contributed by atoms with Crippen molar-refractivity contribution in [2.75, 3.05) is 71.2 Å². The summed E-state index contributed by atoms with van der Waals surface area (Å²) in [6.45, 7) is 2.73. The number of phenols is 5. The van der Waals surface area contributed by atoms with Crippen molar-refractivity contribution in [1.82, 2.24) is 20.2 Å². The number of carbonyl (C=O) groups is 4. The predicted octanol–water partition coefficient (Wildman–Crippen LogP) is 3.69. The summed E-state index contributed by atoms with van der Waals surface area (Å²) in [4.78, 5) is 47.0. The van der Waals surface area contributed by atoms with Crippen LogP contribution in [-0.4, -0.2) is 142 Å². The van der Waals surface area contributed by atoms with Crippen molar-refractivity contribution in [2.24, 2.45) is 0 Å². The quantitative estimate of drug-likeness (QED) is 0.00955. The number of rotatable bonds is 12. The molecule has 0 spiro atoms. The molecule has 32 heteroatoms. The maximum atomic E-state index is 11.1. The number of hydrogen-bond acceptors (Lipinski definition) is 22. The van der Waals surface area contributed by atoms with Gasteiger partial charge in [0.25, 0.3) is 0 Å². The molecule has 1 heterocycles. The Kier molecular flexibility index (Phi) is 29.3. The Morgan fingerprint density at radius 2 is 1.28 bits per heavy atom. The van der Waals surface area contributed by atoms with Crippen molar-refractivity contribution in [3.63, 3.8) is 0 Å². The van der Waals surface area contributed by atoms with E-state index in [1.165, 1.54) is 36.7 Å². The molecule has 0 saturated heterocycles. The molecular formula is C53H59N11NaO16S4-. The van der Waals surface area contributed by atoms with Crippen molar-refractivity contribution in [2.45, 2.75) is 20.3 Å². The van der Waals surface area contributed by atoms with E-state index in [1.54, 1.807) is 36.0 Å². The monoisotopic (exact) mass is 1260 g/mol. The van der Waals surface area contributed by atoms with Crippen LogP contribution in [0.25, 0.3) is 27.2 Å². The number of esters is 1. The molecule has 27 nitrogen and oxygen atoms in total. The number of carboxylic acids is 1. The van der Waals surface area contributed by atoms with Crippen LogP contribution in [0.3, 0.4) is 0 Å². The molecule has 8 rings (SSSR count). The van der Waals surface area contributed by atoms with Crippen molar-refractivity contribution in [1.29, 1.82) is 4.78 Å². The number of aliphatic carboxylic acids is 1. The van der Waals surface area contributed by atoms with E-state index < -0.39 is 49.3 Å². The van der Waals surface area contributed by atoms with Gasteiger partial charge in [-0.15, -0.1) is 35.8 Å². The maximum absolute atomic E-state index is 11.1. The fraction of sp³-hybridized carbons (Fsp3) is 0.170. The molecule has 2 amide bonds. The second kappa shape index (κ2) is 34.6. The number of nitrogens with zero attached hydrogens (tertiary/aromatic N) is 5. The molecule has 1 aromatic heterocycles. The number of sulfonamides is 1. The number of aromatic amines is 1. The summed E-state index contributed by atoms with van der Waals surface area (Å²) in [5.41, 5.74) is 5.12. The molecule has 0 fully saturated rings. The van der Waals surface area contributed by atoms with Crippen LogP contribution in [0.4, 0.5) is 34.1 Å². The smallest absolute Gasteiger partial charge is 0.507 e. The topological polar surface area (TPSA) is 409 Å². The van der Waals surface area contributed by atoms with E-state index in [0.29, 0.717) is 34.2 Å². The molecule has 85 heavy (non-hydrogen) atoms. The van der Waals surface area contributed by atoms with Gasteiger partial charge in [-0.3, -0.25) is 23.9 Å². The Morgan fingerprint density at radius 3 is 1.80 bits per heavy atom. The van der Waals surface area contributed by atoms with Gasteiger partial charge < -0.3 is 76.2 Å². The van der Waals surface area contributed by atoms with Crippen LogP contribution in [0.2, 0.25) is 0 Å². The normalized spacial score (nSPS) is 10.4. The summed E-state index contributed by atoms with van der Waals surface area (Å²) in [5.74, 6) is -2.64. The first kappa shape index (κ1) is 72.1. The molecule has 0 aliphatic carbocycles. The van der Waals surface area contributed by atoms with Gasteiger partial charge in [-0.1, -0.05) is 46.0 Å². The summed E-state index contributed by atoms with van der Waals surface area (Å²) >= 11 is 4.94. The number of tetrazole rings is 1. The summed E-state index contributed by atoms with van der Waals surface area (Å²) in [6.07, 6.45) is 1.81. The van der Waals surface area contributed by atoms with E-state index in [0.717, 1.165) is 51.3 Å². The number of phenolic OH excluding ortho intramolecular Hbond substituents is 5. The summed E-state index contributed by atoms with van der Waals surface area (Å²) < 4.78 is 63.1. The van der Waals surface area contributed by atoms with Crippen LogP contribution >= 0.6 is 12.2 Å². The minimum atomic E-state index is -3.61. The largest absolute Gasteiger partial charge is 1.00 e. The number of nitrogens with one attached hydrogen (secondary N) is 6. The first-order valence-electron chi connectivity index (χ1n) is 23.7. The molecule has 448 valence electrons. The van der Waals surface area contributed by atoms with Gasteiger partial charge in [0.1, 0.15) is 40.9 Å². The molecule has 0 aliphatic rings. The zero-order valence-corrected chi connectivity index (χ0v) is 52.2. The van der Waals surface area contributed by atoms with E-state index in [2.05, 4.69) is 42.3 Å². The Labute approximate surface area is 518 Å². The van der Waals surface area contributed by atoms with Crippen LogP contribution in [0, 0.1) is 15.6 Å². The average Bonchev–Trinajstić information content (AvgIpc) is 3.59. The fourth-order valence-corrected chi connectivity index (χ4v) is 7.75. The third kappa shape index (κ3) is 25.2. The third-order valence-electron chi connectivity index (χ3n) is 10.2. The minimum absolute atomic E-state index is 0. The predicted molar refractivity (Wildman–Crippen MR) is 323 cm³/mol. The number of benzene rings is 7. The molecule has 8 aromatic rings. The molecule has 0 radical (unpaired) electrons. The number of aromatic nitrogens is 4. The molecule has 12 N–H and O–H groups in total. The Balaban J connectivity index is 0.000000357. The number of fused-ring (bicyclic) bond motifs is 2. The van der Waals surface area contributed by atoms with Crippen molar-refractivity contribution in [3.8, 4) is 40.2 Å². The van der Waals surface area contributed by atoms with E-state index in [4.69, 9.17) is 34.7 Å². The van der Waals surface area contributed by atoms with Crippen LogP contribution in [0.15, 0.2) is 121 Å². The van der Waals surface area contributed by atoms with Crippen molar-refractivity contribution < 1.29 is 105 Å². The molecule has 0 aliphatic heterocycles. The summed E-state index contributed by atoms with van der Waals surface area (Å²) in [5, 5.41) is 78.3. The molecule has 0 unspecified atom stereocenters. The third-order valence-corrected chi connectivity index (χ3v) is 11.5. The average molecular weight is 1260 g/mol. The van der Waals surface area contributed by atoms with Crippen LogP contribution in [0.5, 0.6) is 34.5 Å². The van der Waals surface area contributed by atoms with Gasteiger partial charge in [-0.25, -0.2) is 13.1 Å². The van der Waals surface area contributed by atoms with Gasteiger partial charge in [0, 0.05) is 59.2 Å². The Morgan fingerprint density at radius 1 is 0.765 bits per heavy atom. The maximum Gasteiger partial charge on any atom is 1.00 e. The Bertz CT molecular complexity index is 3940. The van der Waals surface area contributed by atoms with Crippen LogP contribution in [-0.2, 0) is 50.1 Å². The van der Waals surface area contributed by atoms with E-state index in [9.17, 15) is 53.1 Å². The molecular weight excluding hydrogens is 1200 g/mol. The van der Waals surface area contributed by atoms with Crippen LogP contribution in [0.1, 0.15) is 20.3 Å². The number of aromatic hydroxyl groups is 5. The standard InChI is InChI=1S/C12H13NO.C12H12NO.C10H14N3O2S.C10H11NO7S.C9H9N5O2S.Na.O3S/c2*1-13(2)11-8-7-9-5-3-4-6-10(9)12(11)14;1-7(14)13-9-5-8(3-4-10(9)15)12-6-16(2)11;1-19(16,17)11-7-4-6(2-3-8(7)12)18-10(15)5-9(13)14;1-5(15)10-7-4-6(2-3-8(7)16)14-9(17)11-12-13-14;;1-4(2)3/h3-8,14H,1-2H3;4-8,14H,1-2H3;3-6,11-12,15H,1-2H3,(H,13,14);2-4,11-12H,5H2,1H3,(H,13,14);2-4,16H,1H3,(H,10,15)(H,11,13,17);;/q;2*-1;;;+1;. The Hall–Kier alpha value is -8.98. The van der Waals surface area contributed by atoms with Gasteiger partial charge in [-0.05, 0) is 78.3 Å². The number of hydrogen-bond donors (Lipinski definition) is 12. The number of carbonyl (C=O) groups excluding carboxylic acids is 3. The minimum Gasteiger partial charge on any atom is -0.507 e. The number of amides is 2. The second-order valence-electron chi connectivity index (χ2n) is 17.4. The van der Waals surface area contributed by atoms with Crippen molar-refractivity contribution >= 4 is 128 Å². The van der Waals surface area contributed by atoms with Gasteiger partial charge in [0.15, 0.2) is 0 Å².